The van der Waals surface area contributed by atoms with Gasteiger partial charge in [-0.1, -0.05) is 75.3 Å². The third-order valence-electron chi connectivity index (χ3n) is 12.6. The van der Waals surface area contributed by atoms with E-state index in [-0.39, 0.29) is 46.6 Å². The van der Waals surface area contributed by atoms with E-state index in [0.29, 0.717) is 54.6 Å². The number of piperazine rings is 1. The van der Waals surface area contributed by atoms with Crippen LogP contribution in [0.2, 0.25) is 5.02 Å². The molecule has 1 atom stereocenters. The summed E-state index contributed by atoms with van der Waals surface area (Å²) in [6, 6.07) is 21.1. The Hall–Kier alpha value is -7.22. The summed E-state index contributed by atoms with van der Waals surface area (Å²) >= 11 is 6.70. The minimum absolute atomic E-state index is 0.0591. The van der Waals surface area contributed by atoms with Crippen LogP contribution in [0.25, 0.3) is 22.9 Å². The monoisotopic (exact) mass is 951 g/mol. The fraction of sp³-hybridized carbons (Fsp3) is 0.365. The van der Waals surface area contributed by atoms with Crippen LogP contribution in [0.15, 0.2) is 88.7 Å². The van der Waals surface area contributed by atoms with Gasteiger partial charge in [0.15, 0.2) is 0 Å². The van der Waals surface area contributed by atoms with Gasteiger partial charge in [-0.25, -0.2) is 4.98 Å². The van der Waals surface area contributed by atoms with Gasteiger partial charge >= 0.3 is 6.01 Å². The van der Waals surface area contributed by atoms with Gasteiger partial charge < -0.3 is 44.0 Å². The molecular weight excluding hydrogens is 894 g/mol. The highest BCUT2D eigenvalue weighted by molar-refractivity contribution is 6.36. The van der Waals surface area contributed by atoms with E-state index in [1.165, 1.54) is 25.9 Å². The maximum Gasteiger partial charge on any atom is 0.318 e. The molecule has 0 radical (unpaired) electrons. The molecule has 358 valence electrons. The summed E-state index contributed by atoms with van der Waals surface area (Å²) in [5.74, 6) is 0.859. The first-order chi connectivity index (χ1) is 33.2. The number of nitrogens with one attached hydrogen (secondary N) is 3. The summed E-state index contributed by atoms with van der Waals surface area (Å²) < 4.78 is 11.6. The van der Waals surface area contributed by atoms with Crippen LogP contribution in [0.1, 0.15) is 68.2 Å². The molecule has 69 heavy (non-hydrogen) atoms. The zero-order valence-electron chi connectivity index (χ0n) is 39.8. The van der Waals surface area contributed by atoms with Crippen LogP contribution >= 0.6 is 11.6 Å². The van der Waals surface area contributed by atoms with Gasteiger partial charge in [0.05, 0.1) is 54.9 Å². The lowest BCUT2D eigenvalue weighted by Gasteiger charge is -2.42. The highest BCUT2D eigenvalue weighted by Gasteiger charge is 2.35. The Morgan fingerprint density at radius 2 is 1.68 bits per heavy atom. The van der Waals surface area contributed by atoms with E-state index in [1.807, 2.05) is 39.0 Å². The zero-order valence-corrected chi connectivity index (χ0v) is 40.5. The first-order valence-electron chi connectivity index (χ1n) is 23.2. The fourth-order valence-electron chi connectivity index (χ4n) is 9.10. The number of amides is 1. The Labute approximate surface area is 405 Å². The smallest absolute Gasteiger partial charge is 0.318 e. The number of H-pyrrole nitrogens is 3. The Bertz CT molecular complexity index is 3160. The quantitative estimate of drug-likeness (QED) is 0.153. The number of nitrogens with zero attached hydrogens (tertiary/aromatic N) is 8. The van der Waals surface area contributed by atoms with Crippen LogP contribution < -0.4 is 41.1 Å². The SMILES string of the molecule is C=C(COc1cccc(/C=c2\[nH]c(=O)/c(=C/c3nc[nH]c3C(C)(C)C)[nH]c2=O)c1)C(=O)N1CCN(c2nc(OC)nc3c2CCN(c2cccc4cccc(Cl)c24)C3)CC1CC#N.CN1CCCC1. The molecule has 3 N–H and O–H groups in total. The van der Waals surface area contributed by atoms with Gasteiger partial charge in [0.25, 0.3) is 17.0 Å². The summed E-state index contributed by atoms with van der Waals surface area (Å²) in [7, 11) is 3.72. The van der Waals surface area contributed by atoms with Crippen LogP contribution in [0, 0.1) is 11.3 Å². The summed E-state index contributed by atoms with van der Waals surface area (Å²) in [6.45, 7) is 15.1. The van der Waals surface area contributed by atoms with Crippen molar-refractivity contribution in [3.63, 3.8) is 0 Å². The second kappa shape index (κ2) is 21.0. The van der Waals surface area contributed by atoms with Crippen LogP contribution in [-0.2, 0) is 23.2 Å². The largest absolute Gasteiger partial charge is 0.489 e. The molecule has 1 amide bonds. The van der Waals surface area contributed by atoms with Gasteiger partial charge in [0.1, 0.15) is 28.9 Å². The van der Waals surface area contributed by atoms with Crippen LogP contribution in [-0.4, -0.2) is 112 Å². The van der Waals surface area contributed by atoms with Gasteiger partial charge in [-0.15, -0.1) is 0 Å². The number of imidazole rings is 1. The van der Waals surface area contributed by atoms with E-state index in [0.717, 1.165) is 45.8 Å². The summed E-state index contributed by atoms with van der Waals surface area (Å²) in [5.41, 5.74) is 3.88. The minimum Gasteiger partial charge on any atom is -0.489 e. The van der Waals surface area contributed by atoms with Crippen molar-refractivity contribution < 1.29 is 14.3 Å². The number of hydrogen-bond donors (Lipinski definition) is 3. The molecule has 3 aromatic carbocycles. The topological polar surface area (TPSA) is 192 Å². The van der Waals surface area contributed by atoms with E-state index in [4.69, 9.17) is 31.0 Å². The molecular formula is C52H58ClN11O5. The number of carbonyl (C=O) groups is 1. The first kappa shape index (κ1) is 48.2. The van der Waals surface area contributed by atoms with Crippen molar-refractivity contribution in [1.82, 2.24) is 39.7 Å². The summed E-state index contributed by atoms with van der Waals surface area (Å²) in [4.78, 5) is 70.8. The van der Waals surface area contributed by atoms with Gasteiger partial charge in [0.2, 0.25) is 0 Å². The summed E-state index contributed by atoms with van der Waals surface area (Å²) in [6.07, 6.45) is 8.25. The van der Waals surface area contributed by atoms with E-state index >= 15 is 0 Å². The standard InChI is InChI=1S/C47H47ClN10O5.C5H11N/c1-28(26-63-32-12-6-9-29(21-32)22-36-43(59)53-37(44(60)52-36)23-35-41(47(2,3)4)51-27-50-35)45(61)58-20-19-57(24-31(58)15-17-49)42-33-16-18-56(25-38(33)54-46(55-42)62-5)39-14-8-11-30-10-7-13-34(48)40(30)39;1-6-4-2-3-5-6/h6-14,21-23,27,31H,1,15-16,18-20,24-26H2,2-5H3,(H,50,51)(H,52,60)(H,53,59);2-5H2,1H3/b36-22-,37-23-;. The molecule has 16 nitrogen and oxygen atoms in total. The van der Waals surface area contributed by atoms with Gasteiger partial charge in [-0.05, 0) is 86.8 Å². The van der Waals surface area contributed by atoms with Gasteiger partial charge in [-0.3, -0.25) is 14.4 Å². The zero-order chi connectivity index (χ0) is 48.8. The van der Waals surface area contributed by atoms with Gasteiger partial charge in [0, 0.05) is 59.5 Å². The van der Waals surface area contributed by atoms with Crippen molar-refractivity contribution in [1.29, 1.82) is 5.26 Å². The lowest BCUT2D eigenvalue weighted by molar-refractivity contribution is -0.130. The second-order valence-electron chi connectivity index (χ2n) is 18.6. The number of nitriles is 1. The average Bonchev–Trinajstić information content (AvgIpc) is 4.04. The summed E-state index contributed by atoms with van der Waals surface area (Å²) in [5, 5.41) is 12.8. The Balaban J connectivity index is 0.000000993. The second-order valence-corrected chi connectivity index (χ2v) is 19.0. The Morgan fingerprint density at radius 3 is 2.38 bits per heavy atom. The number of aromatic nitrogens is 6. The van der Waals surface area contributed by atoms with E-state index < -0.39 is 17.2 Å². The molecule has 0 aliphatic carbocycles. The lowest BCUT2D eigenvalue weighted by Crippen LogP contribution is -2.56. The molecule has 2 fully saturated rings. The van der Waals surface area contributed by atoms with Crippen LogP contribution in [0.5, 0.6) is 11.8 Å². The van der Waals surface area contributed by atoms with E-state index in [1.54, 1.807) is 54.8 Å². The number of benzene rings is 3. The molecule has 17 heteroatoms. The molecule has 3 aliphatic rings. The third-order valence-corrected chi connectivity index (χ3v) is 13.0. The van der Waals surface area contributed by atoms with Crippen molar-refractivity contribution in [2.45, 2.75) is 64.5 Å². The number of ether oxygens (including phenoxy) is 2. The van der Waals surface area contributed by atoms with Crippen LogP contribution in [0.3, 0.4) is 0 Å². The van der Waals surface area contributed by atoms with Crippen LogP contribution in [0.4, 0.5) is 11.5 Å². The van der Waals surface area contributed by atoms with E-state index in [2.05, 4.69) is 72.5 Å². The van der Waals surface area contributed by atoms with Crippen molar-refractivity contribution >= 4 is 51.9 Å². The highest BCUT2D eigenvalue weighted by atomic mass is 35.5. The maximum atomic E-state index is 13.9. The average molecular weight is 953 g/mol. The van der Waals surface area contributed by atoms with Crippen molar-refractivity contribution in [3.8, 4) is 17.8 Å². The molecule has 0 bridgehead atoms. The van der Waals surface area contributed by atoms with Gasteiger partial charge in [-0.2, -0.15) is 15.2 Å². The third kappa shape index (κ3) is 11.1. The maximum absolute atomic E-state index is 13.9. The number of carbonyl (C=O) groups excluding carboxylic acids is 1. The van der Waals surface area contributed by atoms with Crippen molar-refractivity contribution in [2.24, 2.45) is 0 Å². The number of hydrogen-bond acceptors (Lipinski definition) is 12. The van der Waals surface area contributed by atoms with E-state index in [9.17, 15) is 19.6 Å². The Morgan fingerprint density at radius 1 is 0.957 bits per heavy atom. The van der Waals surface area contributed by atoms with Crippen molar-refractivity contribution in [2.75, 3.05) is 69.8 Å². The molecule has 3 aromatic heterocycles. The molecule has 2 saturated heterocycles. The first-order valence-corrected chi connectivity index (χ1v) is 23.6. The molecule has 0 saturated carbocycles. The number of methoxy groups -OCH3 is 1. The Kier molecular flexibility index (Phi) is 14.7. The number of halogens is 1. The molecule has 6 aromatic rings. The van der Waals surface area contributed by atoms with Crippen molar-refractivity contribution in [3.05, 3.63) is 144 Å². The number of aromatic amines is 3. The predicted molar refractivity (Wildman–Crippen MR) is 269 cm³/mol. The predicted octanol–water partition coefficient (Wildman–Crippen LogP) is 5.19. The normalized spacial score (nSPS) is 16.8. The number of likely N-dealkylation sites (tertiary alicyclic amines) is 1. The molecule has 3 aliphatic heterocycles. The minimum atomic E-state index is -0.487. The molecule has 6 heterocycles. The number of fused-ring (bicyclic) bond motifs is 2. The lowest BCUT2D eigenvalue weighted by atomic mass is 9.90. The number of anilines is 2. The number of rotatable bonds is 10. The molecule has 0 spiro atoms. The molecule has 1 unspecified atom stereocenters. The highest BCUT2D eigenvalue weighted by Crippen LogP contribution is 2.37. The fourth-order valence-corrected chi connectivity index (χ4v) is 9.38. The molecule has 9 rings (SSSR count).